The number of benzene rings is 2. The summed E-state index contributed by atoms with van der Waals surface area (Å²) in [5.74, 6) is 0.00793. The summed E-state index contributed by atoms with van der Waals surface area (Å²) in [5, 5.41) is 11.8. The van der Waals surface area contributed by atoms with Crippen LogP contribution in [0.1, 0.15) is 68.6 Å². The largest absolute Gasteiger partial charge is 0.377 e. The van der Waals surface area contributed by atoms with E-state index in [-0.39, 0.29) is 16.6 Å². The minimum absolute atomic E-state index is 0.00793. The zero-order chi connectivity index (χ0) is 19.3. The minimum atomic E-state index is -1.31. The lowest BCUT2D eigenvalue weighted by molar-refractivity contribution is 0.0940. The van der Waals surface area contributed by atoms with E-state index < -0.39 is 5.60 Å². The van der Waals surface area contributed by atoms with Crippen LogP contribution < -0.4 is 0 Å². The third kappa shape index (κ3) is 3.03. The van der Waals surface area contributed by atoms with Crippen molar-refractivity contribution >= 4 is 5.78 Å². The number of fused-ring (bicyclic) bond motifs is 1. The van der Waals surface area contributed by atoms with Crippen molar-refractivity contribution in [3.05, 3.63) is 82.4 Å². The van der Waals surface area contributed by atoms with Crippen molar-refractivity contribution in [3.8, 4) is 0 Å². The van der Waals surface area contributed by atoms with Crippen LogP contribution in [0, 0.1) is 5.41 Å². The molecule has 2 heteroatoms. The number of rotatable bonds is 1. The van der Waals surface area contributed by atoms with Gasteiger partial charge in [0.25, 0.3) is 0 Å². The van der Waals surface area contributed by atoms with Crippen molar-refractivity contribution in [1.82, 2.24) is 0 Å². The Balaban J connectivity index is 2.34. The van der Waals surface area contributed by atoms with Gasteiger partial charge in [0.15, 0.2) is 5.78 Å². The summed E-state index contributed by atoms with van der Waals surface area (Å²) in [4.78, 5) is 13.2. The molecule has 136 valence electrons. The highest BCUT2D eigenvalue weighted by Crippen LogP contribution is 2.44. The number of ketones is 1. The smallest absolute Gasteiger partial charge is 0.189 e. The number of carbonyl (C=O) groups is 1. The van der Waals surface area contributed by atoms with E-state index in [4.69, 9.17) is 0 Å². The molecule has 0 fully saturated rings. The van der Waals surface area contributed by atoms with Crippen LogP contribution in [0.5, 0.6) is 0 Å². The van der Waals surface area contributed by atoms with Crippen LogP contribution in [0.4, 0.5) is 0 Å². The van der Waals surface area contributed by atoms with Gasteiger partial charge in [-0.2, -0.15) is 0 Å². The zero-order valence-electron chi connectivity index (χ0n) is 16.6. The van der Waals surface area contributed by atoms with Crippen molar-refractivity contribution in [2.75, 3.05) is 0 Å². The Morgan fingerprint density at radius 2 is 1.46 bits per heavy atom. The fourth-order valence-corrected chi connectivity index (χ4v) is 3.51. The summed E-state index contributed by atoms with van der Waals surface area (Å²) in [6, 6.07) is 15.5. The number of allylic oxidation sites excluding steroid dienone is 1. The zero-order valence-corrected chi connectivity index (χ0v) is 16.6. The van der Waals surface area contributed by atoms with E-state index in [1.807, 2.05) is 69.3 Å². The van der Waals surface area contributed by atoms with Crippen LogP contribution in [0.2, 0.25) is 0 Å². The van der Waals surface area contributed by atoms with Gasteiger partial charge in [0.2, 0.25) is 0 Å². The van der Waals surface area contributed by atoms with Crippen molar-refractivity contribution < 1.29 is 9.90 Å². The molecule has 0 heterocycles. The molecule has 26 heavy (non-hydrogen) atoms. The van der Waals surface area contributed by atoms with Crippen LogP contribution in [0.15, 0.2) is 60.2 Å². The maximum absolute atomic E-state index is 13.2. The molecule has 0 saturated heterocycles. The number of Topliss-reactive ketones (excluding diaryl/α,β-unsaturated/α-hetero) is 1. The molecule has 2 aromatic carbocycles. The van der Waals surface area contributed by atoms with Crippen molar-refractivity contribution in [1.29, 1.82) is 0 Å². The first-order chi connectivity index (χ1) is 11.9. The minimum Gasteiger partial charge on any atom is -0.377 e. The molecule has 3 rings (SSSR count). The molecule has 0 aromatic heterocycles. The summed E-state index contributed by atoms with van der Waals surface area (Å²) in [6.07, 6.45) is 1.76. The second-order valence-electron chi connectivity index (χ2n) is 9.28. The molecule has 2 nitrogen and oxygen atoms in total. The summed E-state index contributed by atoms with van der Waals surface area (Å²) in [7, 11) is 0. The second-order valence-corrected chi connectivity index (χ2v) is 9.28. The topological polar surface area (TPSA) is 37.3 Å². The number of hydrogen-bond donors (Lipinski definition) is 1. The molecular weight excluding hydrogens is 320 g/mol. The van der Waals surface area contributed by atoms with Crippen molar-refractivity contribution in [2.24, 2.45) is 5.41 Å². The quantitative estimate of drug-likeness (QED) is 0.750. The van der Waals surface area contributed by atoms with Gasteiger partial charge in [-0.3, -0.25) is 4.79 Å². The van der Waals surface area contributed by atoms with Crippen LogP contribution in [-0.2, 0) is 11.0 Å². The Morgan fingerprint density at radius 3 is 2.00 bits per heavy atom. The van der Waals surface area contributed by atoms with Gasteiger partial charge in [-0.25, -0.2) is 0 Å². The molecule has 1 aliphatic rings. The predicted molar refractivity (Wildman–Crippen MR) is 106 cm³/mol. The maximum Gasteiger partial charge on any atom is 0.189 e. The number of aliphatic hydroxyl groups is 1. The molecule has 0 aliphatic heterocycles. The van der Waals surface area contributed by atoms with Gasteiger partial charge >= 0.3 is 0 Å². The van der Waals surface area contributed by atoms with E-state index >= 15 is 0 Å². The summed E-state index contributed by atoms with van der Waals surface area (Å²) >= 11 is 0. The first kappa shape index (κ1) is 18.6. The molecular formula is C24H28O2. The van der Waals surface area contributed by atoms with Gasteiger partial charge in [0.1, 0.15) is 5.60 Å². The predicted octanol–water partition coefficient (Wildman–Crippen LogP) is 5.39. The Labute approximate surface area is 156 Å². The molecule has 1 aliphatic carbocycles. The molecule has 0 spiro atoms. The first-order valence-electron chi connectivity index (χ1n) is 9.15. The monoisotopic (exact) mass is 348 g/mol. The SMILES string of the molecule is CC(C)(C)C1=CC(O)(c2ccccc2)c2cc(C(C)(C)C)ccc2C1=O. The highest BCUT2D eigenvalue weighted by molar-refractivity contribution is 6.12. The summed E-state index contributed by atoms with van der Waals surface area (Å²) < 4.78 is 0. The van der Waals surface area contributed by atoms with E-state index in [0.29, 0.717) is 16.7 Å². The van der Waals surface area contributed by atoms with Gasteiger partial charge in [-0.1, -0.05) is 90.1 Å². The fraction of sp³-hybridized carbons (Fsp3) is 0.375. The molecule has 1 N–H and O–H groups in total. The Morgan fingerprint density at radius 1 is 0.846 bits per heavy atom. The highest BCUT2D eigenvalue weighted by Gasteiger charge is 2.42. The maximum atomic E-state index is 13.2. The average molecular weight is 348 g/mol. The van der Waals surface area contributed by atoms with Crippen molar-refractivity contribution in [2.45, 2.75) is 52.6 Å². The average Bonchev–Trinajstić information content (AvgIpc) is 2.57. The van der Waals surface area contributed by atoms with E-state index in [0.717, 1.165) is 11.1 Å². The van der Waals surface area contributed by atoms with Crippen LogP contribution >= 0.6 is 0 Å². The lowest BCUT2D eigenvalue weighted by Crippen LogP contribution is -2.36. The number of carbonyl (C=O) groups excluding carboxylic acids is 1. The number of hydrogen-bond acceptors (Lipinski definition) is 2. The lowest BCUT2D eigenvalue weighted by Gasteiger charge is -2.37. The third-order valence-corrected chi connectivity index (χ3v) is 5.16. The molecule has 0 bridgehead atoms. The van der Waals surface area contributed by atoms with Gasteiger partial charge in [-0.05, 0) is 28.0 Å². The molecule has 1 unspecified atom stereocenters. The van der Waals surface area contributed by atoms with E-state index in [2.05, 4.69) is 20.8 Å². The van der Waals surface area contributed by atoms with Crippen LogP contribution in [0.3, 0.4) is 0 Å². The third-order valence-electron chi connectivity index (χ3n) is 5.16. The van der Waals surface area contributed by atoms with E-state index in [1.54, 1.807) is 6.08 Å². The molecule has 1 atom stereocenters. The van der Waals surface area contributed by atoms with E-state index in [1.165, 1.54) is 0 Å². The fourth-order valence-electron chi connectivity index (χ4n) is 3.51. The molecule has 0 amide bonds. The van der Waals surface area contributed by atoms with Crippen LogP contribution in [0.25, 0.3) is 0 Å². The lowest BCUT2D eigenvalue weighted by atomic mass is 9.69. The van der Waals surface area contributed by atoms with Gasteiger partial charge in [0.05, 0.1) is 0 Å². The Kier molecular flexibility index (Phi) is 4.23. The van der Waals surface area contributed by atoms with Crippen molar-refractivity contribution in [3.63, 3.8) is 0 Å². The summed E-state index contributed by atoms with van der Waals surface area (Å²) in [5.41, 5.74) is 2.08. The van der Waals surface area contributed by atoms with Crippen LogP contribution in [-0.4, -0.2) is 10.9 Å². The van der Waals surface area contributed by atoms with Gasteiger partial charge in [-0.15, -0.1) is 0 Å². The Bertz CT molecular complexity index is 877. The highest BCUT2D eigenvalue weighted by atomic mass is 16.3. The normalized spacial score (nSPS) is 20.6. The second kappa shape index (κ2) is 5.92. The summed E-state index contributed by atoms with van der Waals surface area (Å²) in [6.45, 7) is 12.4. The van der Waals surface area contributed by atoms with Gasteiger partial charge in [0, 0.05) is 16.7 Å². The Hall–Kier alpha value is -2.19. The molecule has 2 aromatic rings. The standard InChI is InChI=1S/C24H28O2/c1-22(2,3)17-12-13-18-19(14-17)24(26,16-10-8-7-9-11-16)15-20(21(18)25)23(4,5)6/h7-15,26H,1-6H3. The first-order valence-corrected chi connectivity index (χ1v) is 9.15. The van der Waals surface area contributed by atoms with E-state index in [9.17, 15) is 9.90 Å². The molecule has 0 radical (unpaired) electrons. The van der Waals surface area contributed by atoms with Gasteiger partial charge < -0.3 is 5.11 Å². The molecule has 0 saturated carbocycles.